The van der Waals surface area contributed by atoms with Gasteiger partial charge in [0.25, 0.3) is 0 Å². The van der Waals surface area contributed by atoms with Crippen LogP contribution in [0.4, 0.5) is 0 Å². The van der Waals surface area contributed by atoms with E-state index >= 15 is 0 Å². The monoisotopic (exact) mass is 248 g/mol. The van der Waals surface area contributed by atoms with Crippen LogP contribution in [-0.2, 0) is 0 Å². The highest BCUT2D eigenvalue weighted by Gasteiger charge is 2.20. The minimum absolute atomic E-state index is 0.346. The summed E-state index contributed by atoms with van der Waals surface area (Å²) in [5.41, 5.74) is 9.33. The maximum Gasteiger partial charge on any atom is 0.0919 e. The lowest BCUT2D eigenvalue weighted by molar-refractivity contribution is 0.0972. The minimum Gasteiger partial charge on any atom is -0.387 e. The number of aliphatic hydroxyl groups is 1. The van der Waals surface area contributed by atoms with E-state index in [0.29, 0.717) is 6.04 Å². The summed E-state index contributed by atoms with van der Waals surface area (Å²) >= 11 is 0. The molecule has 3 nitrogen and oxygen atoms in total. The van der Waals surface area contributed by atoms with Gasteiger partial charge >= 0.3 is 0 Å². The first kappa shape index (κ1) is 13.5. The van der Waals surface area contributed by atoms with Crippen LogP contribution >= 0.6 is 0 Å². The second-order valence-corrected chi connectivity index (χ2v) is 5.51. The average molecular weight is 248 g/mol. The zero-order valence-electron chi connectivity index (χ0n) is 11.4. The molecule has 1 aromatic carbocycles. The van der Waals surface area contributed by atoms with Crippen LogP contribution in [0, 0.1) is 13.8 Å². The van der Waals surface area contributed by atoms with Crippen molar-refractivity contribution in [2.75, 3.05) is 19.6 Å². The van der Waals surface area contributed by atoms with Gasteiger partial charge in [0.1, 0.15) is 0 Å². The van der Waals surface area contributed by atoms with Gasteiger partial charge < -0.3 is 15.7 Å². The van der Waals surface area contributed by atoms with Gasteiger partial charge in [-0.15, -0.1) is 0 Å². The molecule has 0 amide bonds. The van der Waals surface area contributed by atoms with E-state index in [9.17, 15) is 5.11 Å². The summed E-state index contributed by atoms with van der Waals surface area (Å²) in [6.07, 6.45) is 1.69. The Labute approximate surface area is 110 Å². The third kappa shape index (κ3) is 3.31. The second kappa shape index (κ2) is 5.83. The van der Waals surface area contributed by atoms with Crippen molar-refractivity contribution in [3.05, 3.63) is 34.9 Å². The van der Waals surface area contributed by atoms with E-state index in [1.54, 1.807) is 0 Å². The molecule has 0 spiro atoms. The molecule has 0 radical (unpaired) electrons. The van der Waals surface area contributed by atoms with E-state index in [2.05, 4.69) is 36.9 Å². The quantitative estimate of drug-likeness (QED) is 0.857. The molecular formula is C15H24N2O. The topological polar surface area (TPSA) is 49.5 Å². The Morgan fingerprint density at radius 2 is 2.00 bits per heavy atom. The molecule has 2 rings (SSSR count). The van der Waals surface area contributed by atoms with Crippen LogP contribution in [0.1, 0.15) is 35.6 Å². The fourth-order valence-electron chi connectivity index (χ4n) is 2.60. The van der Waals surface area contributed by atoms with Gasteiger partial charge in [0.15, 0.2) is 0 Å². The molecule has 0 aliphatic carbocycles. The molecule has 1 unspecified atom stereocenters. The molecule has 1 aromatic rings. The Bertz CT molecular complexity index is 397. The summed E-state index contributed by atoms with van der Waals surface area (Å²) in [6.45, 7) is 6.85. The van der Waals surface area contributed by atoms with Crippen LogP contribution < -0.4 is 5.73 Å². The smallest absolute Gasteiger partial charge is 0.0919 e. The molecule has 18 heavy (non-hydrogen) atoms. The molecule has 0 aromatic heterocycles. The number of hydrogen-bond donors (Lipinski definition) is 2. The molecule has 100 valence electrons. The Balaban J connectivity index is 1.98. The lowest BCUT2D eigenvalue weighted by Gasteiger charge is -2.31. The lowest BCUT2D eigenvalue weighted by Crippen LogP contribution is -2.41. The summed E-state index contributed by atoms with van der Waals surface area (Å²) in [7, 11) is 0. The molecule has 1 atom stereocenters. The SMILES string of the molecule is Cc1ccc(C)c(C(O)CN2CCC(N)CC2)c1. The van der Waals surface area contributed by atoms with Crippen LogP contribution in [0.2, 0.25) is 0 Å². The zero-order valence-corrected chi connectivity index (χ0v) is 11.4. The summed E-state index contributed by atoms with van der Waals surface area (Å²) < 4.78 is 0. The van der Waals surface area contributed by atoms with Gasteiger partial charge in [0, 0.05) is 12.6 Å². The van der Waals surface area contributed by atoms with Gasteiger partial charge in [-0.25, -0.2) is 0 Å². The van der Waals surface area contributed by atoms with Crippen molar-refractivity contribution in [2.24, 2.45) is 5.73 Å². The Morgan fingerprint density at radius 3 is 2.67 bits per heavy atom. The number of piperidine rings is 1. The zero-order chi connectivity index (χ0) is 13.1. The highest BCUT2D eigenvalue weighted by molar-refractivity contribution is 5.32. The predicted octanol–water partition coefficient (Wildman–Crippen LogP) is 1.76. The van der Waals surface area contributed by atoms with Crippen molar-refractivity contribution in [3.8, 4) is 0 Å². The van der Waals surface area contributed by atoms with Crippen molar-refractivity contribution < 1.29 is 5.11 Å². The first-order valence-corrected chi connectivity index (χ1v) is 6.79. The van der Waals surface area contributed by atoms with Crippen LogP contribution in [0.15, 0.2) is 18.2 Å². The number of aliphatic hydroxyl groups excluding tert-OH is 1. The molecule has 1 aliphatic heterocycles. The number of β-amino-alcohol motifs (C(OH)–C–C–N with tert-alkyl or cyclic N) is 1. The van der Waals surface area contributed by atoms with E-state index < -0.39 is 0 Å². The number of benzene rings is 1. The van der Waals surface area contributed by atoms with Crippen molar-refractivity contribution in [1.82, 2.24) is 4.90 Å². The Morgan fingerprint density at radius 1 is 1.33 bits per heavy atom. The minimum atomic E-state index is -0.390. The second-order valence-electron chi connectivity index (χ2n) is 5.51. The Hall–Kier alpha value is -0.900. The summed E-state index contributed by atoms with van der Waals surface area (Å²) in [5.74, 6) is 0. The number of nitrogens with zero attached hydrogens (tertiary/aromatic N) is 1. The molecular weight excluding hydrogens is 224 g/mol. The van der Waals surface area contributed by atoms with E-state index in [0.717, 1.165) is 38.0 Å². The molecule has 0 bridgehead atoms. The van der Waals surface area contributed by atoms with E-state index in [4.69, 9.17) is 5.73 Å². The Kier molecular flexibility index (Phi) is 4.38. The van der Waals surface area contributed by atoms with Crippen molar-refractivity contribution in [2.45, 2.75) is 38.8 Å². The van der Waals surface area contributed by atoms with Gasteiger partial charge in [-0.1, -0.05) is 23.8 Å². The molecule has 3 N–H and O–H groups in total. The van der Waals surface area contributed by atoms with Crippen LogP contribution in [0.5, 0.6) is 0 Å². The molecule has 1 heterocycles. The maximum atomic E-state index is 10.4. The van der Waals surface area contributed by atoms with Gasteiger partial charge in [0.05, 0.1) is 6.10 Å². The van der Waals surface area contributed by atoms with Crippen molar-refractivity contribution in [3.63, 3.8) is 0 Å². The summed E-state index contributed by atoms with van der Waals surface area (Å²) in [6, 6.07) is 6.61. The highest BCUT2D eigenvalue weighted by Crippen LogP contribution is 2.21. The predicted molar refractivity (Wildman–Crippen MR) is 74.5 cm³/mol. The van der Waals surface area contributed by atoms with Crippen LogP contribution in [-0.4, -0.2) is 35.7 Å². The largest absolute Gasteiger partial charge is 0.387 e. The number of likely N-dealkylation sites (tertiary alicyclic amines) is 1. The summed E-state index contributed by atoms with van der Waals surface area (Å²) in [5, 5.41) is 10.4. The first-order chi connectivity index (χ1) is 8.56. The van der Waals surface area contributed by atoms with Crippen LogP contribution in [0.25, 0.3) is 0 Å². The van der Waals surface area contributed by atoms with Gasteiger partial charge in [-0.3, -0.25) is 0 Å². The van der Waals surface area contributed by atoms with Gasteiger partial charge in [0.2, 0.25) is 0 Å². The maximum absolute atomic E-state index is 10.4. The number of rotatable bonds is 3. The van der Waals surface area contributed by atoms with Gasteiger partial charge in [-0.2, -0.15) is 0 Å². The summed E-state index contributed by atoms with van der Waals surface area (Å²) in [4.78, 5) is 2.32. The standard InChI is InChI=1S/C15H24N2O/c1-11-3-4-12(2)14(9-11)15(18)10-17-7-5-13(16)6-8-17/h3-4,9,13,15,18H,5-8,10,16H2,1-2H3. The number of aryl methyl sites for hydroxylation is 2. The van der Waals surface area contributed by atoms with Gasteiger partial charge in [-0.05, 0) is 50.9 Å². The highest BCUT2D eigenvalue weighted by atomic mass is 16.3. The van der Waals surface area contributed by atoms with Crippen molar-refractivity contribution in [1.29, 1.82) is 0 Å². The third-order valence-electron chi connectivity index (χ3n) is 3.86. The fraction of sp³-hybridized carbons (Fsp3) is 0.600. The number of nitrogens with two attached hydrogens (primary N) is 1. The average Bonchev–Trinajstić information content (AvgIpc) is 2.35. The lowest BCUT2D eigenvalue weighted by atomic mass is 9.99. The molecule has 3 heteroatoms. The van der Waals surface area contributed by atoms with E-state index in [-0.39, 0.29) is 6.10 Å². The first-order valence-electron chi connectivity index (χ1n) is 6.79. The normalized spacial score (nSPS) is 20.0. The number of hydrogen-bond acceptors (Lipinski definition) is 3. The molecule has 1 saturated heterocycles. The van der Waals surface area contributed by atoms with E-state index in [1.165, 1.54) is 11.1 Å². The molecule has 1 fully saturated rings. The fourth-order valence-corrected chi connectivity index (χ4v) is 2.60. The third-order valence-corrected chi connectivity index (χ3v) is 3.86. The van der Waals surface area contributed by atoms with Crippen LogP contribution in [0.3, 0.4) is 0 Å². The van der Waals surface area contributed by atoms with Crippen molar-refractivity contribution >= 4 is 0 Å². The van der Waals surface area contributed by atoms with E-state index in [1.807, 2.05) is 0 Å². The molecule has 1 aliphatic rings. The molecule has 0 saturated carbocycles.